The number of methoxy groups -OCH3 is 2. The number of nitrogens with one attached hydrogen (secondary N) is 1. The van der Waals surface area contributed by atoms with Crippen molar-refractivity contribution in [1.29, 1.82) is 5.26 Å². The molecule has 9 aromatic heterocycles. The van der Waals surface area contributed by atoms with E-state index in [2.05, 4.69) is 105 Å². The number of alkyl halides is 1. The number of fused-ring (bicyclic) bond motifs is 2. The van der Waals surface area contributed by atoms with Crippen LogP contribution in [0, 0.1) is 25.2 Å². The highest BCUT2D eigenvalue weighted by atomic mass is 79.9. The monoisotopic (exact) mass is 1130 g/mol. The lowest BCUT2D eigenvalue weighted by molar-refractivity contribution is -0.117. The molecule has 78 heavy (non-hydrogen) atoms. The van der Waals surface area contributed by atoms with Crippen LogP contribution in [0.4, 0.5) is 17.2 Å². The van der Waals surface area contributed by atoms with Crippen LogP contribution in [-0.4, -0.2) is 117 Å². The summed E-state index contributed by atoms with van der Waals surface area (Å²) in [4.78, 5) is 80.6. The predicted octanol–water partition coefficient (Wildman–Crippen LogP) is 4.72. The minimum atomic E-state index is -1.07. The van der Waals surface area contributed by atoms with Crippen molar-refractivity contribution in [3.05, 3.63) is 147 Å². The van der Waals surface area contributed by atoms with Gasteiger partial charge in [0.1, 0.15) is 34.6 Å². The van der Waals surface area contributed by atoms with Crippen molar-refractivity contribution in [2.24, 2.45) is 0 Å². The molecule has 0 saturated heterocycles. The molecule has 28 nitrogen and oxygen atoms in total. The van der Waals surface area contributed by atoms with Crippen LogP contribution in [0.15, 0.2) is 86.7 Å². The number of carboxylic acid groups (broad SMARTS) is 1. The number of esters is 2. The molecule has 29 heteroatoms. The van der Waals surface area contributed by atoms with Gasteiger partial charge in [0.15, 0.2) is 11.0 Å². The summed E-state index contributed by atoms with van der Waals surface area (Å²) in [6.45, 7) is 5.16. The van der Waals surface area contributed by atoms with Gasteiger partial charge in [0.25, 0.3) is 5.91 Å². The molecule has 0 aliphatic carbocycles. The second kappa shape index (κ2) is 28.4. The number of nitrogens with zero attached hydrogens (tertiary/aromatic N) is 13. The van der Waals surface area contributed by atoms with E-state index >= 15 is 0 Å². The third-order valence-electron chi connectivity index (χ3n) is 10.4. The van der Waals surface area contributed by atoms with Gasteiger partial charge in [0, 0.05) is 71.2 Å². The Morgan fingerprint density at radius 2 is 1.06 bits per heavy atom. The van der Waals surface area contributed by atoms with E-state index in [-0.39, 0.29) is 34.6 Å². The number of nitrogens with two attached hydrogens (primary N) is 3. The van der Waals surface area contributed by atoms with Gasteiger partial charge in [-0.3, -0.25) is 4.79 Å². The van der Waals surface area contributed by atoms with Crippen molar-refractivity contribution in [3.8, 4) is 6.07 Å². The molecular weight excluding hydrogens is 1080 g/mol. The van der Waals surface area contributed by atoms with Crippen LogP contribution in [0.3, 0.4) is 0 Å². The van der Waals surface area contributed by atoms with E-state index < -0.39 is 17.9 Å². The Morgan fingerprint density at radius 3 is 1.49 bits per heavy atom. The van der Waals surface area contributed by atoms with Gasteiger partial charge in [0.05, 0.1) is 31.3 Å². The average Bonchev–Trinajstić information content (AvgIpc) is 4.27. The predicted molar refractivity (Wildman–Crippen MR) is 278 cm³/mol. The molecule has 0 aliphatic heterocycles. The number of hydrogen-bond donors (Lipinski definition) is 5. The van der Waals surface area contributed by atoms with E-state index in [9.17, 15) is 24.0 Å². The van der Waals surface area contributed by atoms with Gasteiger partial charge in [-0.2, -0.15) is 5.26 Å². The minimum Gasteiger partial charge on any atom is -0.477 e. The molecule has 0 aromatic carbocycles. The molecule has 402 valence electrons. The summed E-state index contributed by atoms with van der Waals surface area (Å²) < 4.78 is 22.4. The molecule has 9 rings (SSSR count). The number of anilines is 3. The van der Waals surface area contributed by atoms with Crippen molar-refractivity contribution in [1.82, 2.24) is 66.2 Å². The summed E-state index contributed by atoms with van der Waals surface area (Å²) in [5.41, 5.74) is 26.5. The van der Waals surface area contributed by atoms with Crippen LogP contribution >= 0.6 is 15.9 Å². The first kappa shape index (κ1) is 58.6. The Hall–Kier alpha value is -10.2. The number of halogens is 1. The zero-order valence-corrected chi connectivity index (χ0v) is 44.0. The topological polar surface area (TPSA) is 432 Å². The normalized spacial score (nSPS) is 10.2. The van der Waals surface area contributed by atoms with Crippen LogP contribution in [0.2, 0.25) is 0 Å². The number of nitriles is 1. The SMILES string of the molecule is CNC(=O)c1cccc(Cc2c(C)nc3nonc3c2N)n1.COC(=O)c1cccc(CBr)n1.COC(=O)c1cccc(CCC(C)=O)n1.Cc1nc2nonc2c(N)c1Cc1cccc(C(=O)O)n1.N#Cc1nonc1N. The van der Waals surface area contributed by atoms with Gasteiger partial charge in [-0.05, 0) is 107 Å². The van der Waals surface area contributed by atoms with E-state index in [0.29, 0.717) is 93.2 Å². The third-order valence-corrected chi connectivity index (χ3v) is 11.0. The molecule has 0 bridgehead atoms. The molecule has 0 radical (unpaired) electrons. The zero-order valence-electron chi connectivity index (χ0n) is 42.4. The van der Waals surface area contributed by atoms with E-state index in [1.165, 1.54) is 27.2 Å². The van der Waals surface area contributed by atoms with Gasteiger partial charge in [-0.25, -0.2) is 58.2 Å². The lowest BCUT2D eigenvalue weighted by Gasteiger charge is -2.09. The second-order valence-electron chi connectivity index (χ2n) is 15.8. The minimum absolute atomic E-state index is 0.0131. The number of pyridine rings is 6. The van der Waals surface area contributed by atoms with E-state index in [0.717, 1.165) is 28.2 Å². The number of nitrogen functional groups attached to an aromatic ring is 3. The lowest BCUT2D eigenvalue weighted by Crippen LogP contribution is -2.19. The number of amides is 1. The van der Waals surface area contributed by atoms with Crippen molar-refractivity contribution in [2.75, 3.05) is 38.5 Å². The van der Waals surface area contributed by atoms with Gasteiger partial charge in [-0.1, -0.05) is 40.2 Å². The molecule has 0 aliphatic rings. The quantitative estimate of drug-likeness (QED) is 0.0815. The molecule has 1 amide bonds. The molecule has 9 aromatic rings. The number of hydrogen-bond acceptors (Lipinski definition) is 26. The maximum Gasteiger partial charge on any atom is 0.356 e. The van der Waals surface area contributed by atoms with Gasteiger partial charge in [0.2, 0.25) is 22.8 Å². The van der Waals surface area contributed by atoms with Crippen LogP contribution in [0.25, 0.3) is 22.3 Å². The Balaban J connectivity index is 0.000000187. The standard InChI is InChI=1S/C14H14N6O2.C13H11N5O3.C11H13NO3.C8H8BrNO2.C3H2N4O/c1-7-9(11(15)12-13(17-7)20-22-19-12)6-8-4-3-5-10(18-8)14(21)16-2;1-6-8(10(14)11-12(15-6)18-21-17-11)5-7-3-2-4-9(16-7)13(19)20;1-8(13)6-7-9-4-3-5-10(12-9)11(14)15-2;1-12-8(11)7-4-2-3-6(5-9)10-7;4-1-2-3(5)7-8-6-2/h3-5H,6,15H2,1-2H3,(H,16,21);2-4H,5,14H2,1H3,(H,19,20);3-5H,6-7H2,1-2H3;2-4H,5H2,1H3;(H2,5,7). The third kappa shape index (κ3) is 16.1. The summed E-state index contributed by atoms with van der Waals surface area (Å²) in [6.07, 6.45) is 1.80. The lowest BCUT2D eigenvalue weighted by atomic mass is 10.0. The molecule has 9 heterocycles. The zero-order chi connectivity index (χ0) is 56.9. The largest absolute Gasteiger partial charge is 0.477 e. The maximum absolute atomic E-state index is 11.7. The van der Waals surface area contributed by atoms with Crippen LogP contribution in [-0.2, 0) is 38.9 Å². The van der Waals surface area contributed by atoms with E-state index in [1.807, 2.05) is 19.1 Å². The number of carboxylic acids is 1. The molecule has 0 saturated carbocycles. The molecule has 0 fully saturated rings. The number of rotatable bonds is 12. The number of Topliss-reactive ketones (excluding diaryl/α,β-unsaturated/α-hetero) is 1. The fraction of sp³-hybridized carbons (Fsp3) is 0.224. The summed E-state index contributed by atoms with van der Waals surface area (Å²) in [5.74, 6) is -2.03. The fourth-order valence-corrected chi connectivity index (χ4v) is 6.82. The van der Waals surface area contributed by atoms with E-state index in [4.69, 9.17) is 27.6 Å². The first-order valence-corrected chi connectivity index (χ1v) is 23.8. The summed E-state index contributed by atoms with van der Waals surface area (Å²) in [7, 11) is 4.21. The maximum atomic E-state index is 11.7. The highest BCUT2D eigenvalue weighted by molar-refractivity contribution is 9.08. The summed E-state index contributed by atoms with van der Waals surface area (Å²) in [5, 5.41) is 41.4. The molecule has 0 unspecified atom stereocenters. The highest BCUT2D eigenvalue weighted by Crippen LogP contribution is 2.26. The Morgan fingerprint density at radius 1 is 0.628 bits per heavy atom. The number of aryl methyl sites for hydroxylation is 3. The number of ketones is 1. The first-order valence-electron chi connectivity index (χ1n) is 22.6. The fourth-order valence-electron chi connectivity index (χ4n) is 6.51. The number of ether oxygens (including phenoxy) is 2. The smallest absolute Gasteiger partial charge is 0.356 e. The van der Waals surface area contributed by atoms with E-state index in [1.54, 1.807) is 74.6 Å². The number of carbonyl (C=O) groups is 5. The number of aromatic carboxylic acids is 1. The van der Waals surface area contributed by atoms with Gasteiger partial charge >= 0.3 is 17.9 Å². The van der Waals surface area contributed by atoms with Crippen molar-refractivity contribution < 1.29 is 52.4 Å². The van der Waals surface area contributed by atoms with Crippen molar-refractivity contribution in [3.63, 3.8) is 0 Å². The highest BCUT2D eigenvalue weighted by Gasteiger charge is 2.18. The Labute approximate surface area is 450 Å². The molecule has 0 spiro atoms. The van der Waals surface area contributed by atoms with Crippen LogP contribution < -0.4 is 22.5 Å². The first-order chi connectivity index (χ1) is 37.4. The van der Waals surface area contributed by atoms with Gasteiger partial charge in [-0.15, -0.1) is 0 Å². The average molecular weight is 1130 g/mol. The Kier molecular flexibility index (Phi) is 21.4. The summed E-state index contributed by atoms with van der Waals surface area (Å²) in [6, 6.07) is 22.1. The number of carbonyl (C=O) groups excluding carboxylic acids is 4. The molecular formula is C49H48BrN17O11. The second-order valence-corrected chi connectivity index (χ2v) is 16.3. The Bertz CT molecular complexity index is 3620. The van der Waals surface area contributed by atoms with Crippen molar-refractivity contribution >= 4 is 85.0 Å². The number of aromatic nitrogens is 12. The van der Waals surface area contributed by atoms with Crippen LogP contribution in [0.1, 0.15) is 106 Å². The van der Waals surface area contributed by atoms with Crippen molar-refractivity contribution in [2.45, 2.75) is 51.8 Å². The summed E-state index contributed by atoms with van der Waals surface area (Å²) >= 11 is 3.25. The molecule has 0 atom stereocenters. The molecule has 8 N–H and O–H groups in total. The van der Waals surface area contributed by atoms with Gasteiger partial charge < -0.3 is 41.9 Å². The van der Waals surface area contributed by atoms with Crippen LogP contribution in [0.5, 0.6) is 0 Å².